The lowest BCUT2D eigenvalue weighted by Crippen LogP contribution is -2.51. The average molecular weight is 476 g/mol. The lowest BCUT2D eigenvalue weighted by atomic mass is 10.1. The van der Waals surface area contributed by atoms with Crippen molar-refractivity contribution in [2.75, 3.05) is 26.7 Å². The van der Waals surface area contributed by atoms with Crippen molar-refractivity contribution in [2.45, 2.75) is 38.8 Å². The Hall–Kier alpha value is -1.71. The molecular weight excluding hydrogens is 447 g/mol. The van der Waals surface area contributed by atoms with E-state index in [-0.39, 0.29) is 42.0 Å². The highest BCUT2D eigenvalue weighted by molar-refractivity contribution is 14.0. The third kappa shape index (κ3) is 7.27. The molecule has 2 rings (SSSR count). The molecule has 1 aromatic carbocycles. The summed E-state index contributed by atoms with van der Waals surface area (Å²) >= 11 is 0. The number of ether oxygens (including phenoxy) is 2. The van der Waals surface area contributed by atoms with Gasteiger partial charge in [0.05, 0.1) is 13.7 Å². The van der Waals surface area contributed by atoms with Crippen LogP contribution in [0.15, 0.2) is 29.3 Å². The van der Waals surface area contributed by atoms with Crippen LogP contribution >= 0.6 is 24.0 Å². The number of para-hydroxylation sites is 2. The van der Waals surface area contributed by atoms with Gasteiger partial charge in [-0.05, 0) is 32.4 Å². The first-order valence-electron chi connectivity index (χ1n) is 8.73. The lowest BCUT2D eigenvalue weighted by Gasteiger charge is -2.25. The highest BCUT2D eigenvalue weighted by Gasteiger charge is 2.18. The molecule has 3 N–H and O–H groups in total. The summed E-state index contributed by atoms with van der Waals surface area (Å²) < 4.78 is 11.2. The summed E-state index contributed by atoms with van der Waals surface area (Å²) in [4.78, 5) is 15.8. The van der Waals surface area contributed by atoms with Crippen LogP contribution < -0.4 is 25.4 Å². The molecule has 0 aliphatic carbocycles. The Kier molecular flexibility index (Phi) is 10.2. The molecule has 1 heterocycles. The van der Waals surface area contributed by atoms with Crippen molar-refractivity contribution in [3.8, 4) is 11.5 Å². The summed E-state index contributed by atoms with van der Waals surface area (Å²) in [6.45, 7) is 5.89. The summed E-state index contributed by atoms with van der Waals surface area (Å²) in [5.74, 6) is 2.26. The number of carbonyl (C=O) groups excluding carboxylic acids is 1. The van der Waals surface area contributed by atoms with E-state index >= 15 is 0 Å². The van der Waals surface area contributed by atoms with E-state index in [9.17, 15) is 4.79 Å². The van der Waals surface area contributed by atoms with Gasteiger partial charge in [0.1, 0.15) is 6.10 Å². The van der Waals surface area contributed by atoms with Crippen molar-refractivity contribution in [1.29, 1.82) is 0 Å². The van der Waals surface area contributed by atoms with Crippen molar-refractivity contribution in [3.05, 3.63) is 24.3 Å². The number of nitrogens with zero attached hydrogens (tertiary/aromatic N) is 1. The van der Waals surface area contributed by atoms with Crippen molar-refractivity contribution >= 4 is 35.8 Å². The second-order valence-corrected chi connectivity index (χ2v) is 5.98. The fraction of sp³-hybridized carbons (Fsp3) is 0.556. The Labute approximate surface area is 172 Å². The number of hydrogen-bond donors (Lipinski definition) is 3. The van der Waals surface area contributed by atoms with E-state index < -0.39 is 0 Å². The fourth-order valence-electron chi connectivity index (χ4n) is 2.56. The quantitative estimate of drug-likeness (QED) is 0.318. The monoisotopic (exact) mass is 476 g/mol. The molecular formula is C18H29IN4O3. The van der Waals surface area contributed by atoms with Gasteiger partial charge in [-0.15, -0.1) is 24.0 Å². The predicted molar refractivity (Wildman–Crippen MR) is 114 cm³/mol. The fourth-order valence-corrected chi connectivity index (χ4v) is 2.56. The maximum absolute atomic E-state index is 11.2. The molecule has 2 atom stereocenters. The zero-order valence-electron chi connectivity index (χ0n) is 15.6. The van der Waals surface area contributed by atoms with Gasteiger partial charge in [0.15, 0.2) is 17.5 Å². The highest BCUT2D eigenvalue weighted by Crippen LogP contribution is 2.26. The average Bonchev–Trinajstić information content (AvgIpc) is 2.62. The Bertz CT molecular complexity index is 588. The van der Waals surface area contributed by atoms with E-state index in [1.54, 1.807) is 7.11 Å². The van der Waals surface area contributed by atoms with Crippen LogP contribution in [-0.4, -0.2) is 50.8 Å². The van der Waals surface area contributed by atoms with E-state index in [1.807, 2.05) is 38.1 Å². The molecule has 7 nitrogen and oxygen atoms in total. The maximum atomic E-state index is 11.2. The van der Waals surface area contributed by atoms with Crippen molar-refractivity contribution in [3.63, 3.8) is 0 Å². The number of amides is 1. The number of methoxy groups -OCH3 is 1. The normalized spacial score (nSPS) is 18.2. The van der Waals surface area contributed by atoms with Gasteiger partial charge < -0.3 is 25.4 Å². The molecule has 8 heteroatoms. The van der Waals surface area contributed by atoms with Crippen LogP contribution in [0.1, 0.15) is 26.7 Å². The smallest absolute Gasteiger partial charge is 0.220 e. The van der Waals surface area contributed by atoms with Crippen LogP contribution in [0.2, 0.25) is 0 Å². The molecule has 1 amide bonds. The molecule has 2 unspecified atom stereocenters. The molecule has 1 aromatic rings. The number of hydrogen-bond acceptors (Lipinski definition) is 4. The van der Waals surface area contributed by atoms with Crippen LogP contribution in [0, 0.1) is 0 Å². The van der Waals surface area contributed by atoms with E-state index in [4.69, 9.17) is 9.47 Å². The van der Waals surface area contributed by atoms with Gasteiger partial charge in [0.2, 0.25) is 5.91 Å². The zero-order chi connectivity index (χ0) is 18.1. The van der Waals surface area contributed by atoms with Crippen molar-refractivity contribution < 1.29 is 14.3 Å². The van der Waals surface area contributed by atoms with E-state index in [0.29, 0.717) is 31.0 Å². The number of guanidine groups is 1. The van der Waals surface area contributed by atoms with E-state index in [0.717, 1.165) is 18.9 Å². The largest absolute Gasteiger partial charge is 0.493 e. The number of rotatable bonds is 7. The summed E-state index contributed by atoms with van der Waals surface area (Å²) in [6, 6.07) is 7.77. The van der Waals surface area contributed by atoms with E-state index in [1.165, 1.54) is 0 Å². The molecule has 1 saturated heterocycles. The Balaban J connectivity index is 0.00000338. The molecule has 1 aliphatic rings. The number of carbonyl (C=O) groups is 1. The summed E-state index contributed by atoms with van der Waals surface area (Å²) in [7, 11) is 1.63. The second-order valence-electron chi connectivity index (χ2n) is 5.98. The molecule has 0 saturated carbocycles. The van der Waals surface area contributed by atoms with Gasteiger partial charge in [-0.2, -0.15) is 0 Å². The molecule has 0 radical (unpaired) electrons. The van der Waals surface area contributed by atoms with Gasteiger partial charge in [0, 0.05) is 25.6 Å². The maximum Gasteiger partial charge on any atom is 0.220 e. The molecule has 0 bridgehead atoms. The van der Waals surface area contributed by atoms with Crippen molar-refractivity contribution in [2.24, 2.45) is 4.99 Å². The Morgan fingerprint density at radius 3 is 2.73 bits per heavy atom. The minimum absolute atomic E-state index is 0. The van der Waals surface area contributed by atoms with Crippen molar-refractivity contribution in [1.82, 2.24) is 16.0 Å². The van der Waals surface area contributed by atoms with Gasteiger partial charge in [0.25, 0.3) is 0 Å². The van der Waals surface area contributed by atoms with Gasteiger partial charge in [-0.1, -0.05) is 12.1 Å². The number of aliphatic imine (C=N–C) groups is 1. The molecule has 146 valence electrons. The predicted octanol–water partition coefficient (Wildman–Crippen LogP) is 1.91. The third-order valence-corrected chi connectivity index (χ3v) is 3.85. The molecule has 0 spiro atoms. The van der Waals surface area contributed by atoms with Gasteiger partial charge in [-0.3, -0.25) is 4.79 Å². The van der Waals surface area contributed by atoms with E-state index in [2.05, 4.69) is 20.9 Å². The minimum atomic E-state index is -0.0992. The highest BCUT2D eigenvalue weighted by atomic mass is 127. The number of benzene rings is 1. The first kappa shape index (κ1) is 22.3. The third-order valence-electron chi connectivity index (χ3n) is 3.85. The van der Waals surface area contributed by atoms with Crippen LogP contribution in [0.25, 0.3) is 0 Å². The molecule has 26 heavy (non-hydrogen) atoms. The Morgan fingerprint density at radius 1 is 1.38 bits per heavy atom. The number of piperidine rings is 1. The van der Waals surface area contributed by atoms with Gasteiger partial charge >= 0.3 is 0 Å². The molecule has 0 aromatic heterocycles. The topological polar surface area (TPSA) is 84.0 Å². The standard InChI is InChI=1S/C18H28N4O3.HI/c1-4-19-18(22-14-9-10-17(23)20-12-14)21-11-13(2)25-16-8-6-5-7-15(16)24-3;/h5-8,13-14H,4,9-12H2,1-3H3,(H,20,23)(H2,19,21,22);1H. The molecule has 1 fully saturated rings. The summed E-state index contributed by atoms with van der Waals surface area (Å²) in [5, 5.41) is 9.46. The summed E-state index contributed by atoms with van der Waals surface area (Å²) in [5.41, 5.74) is 0. The second kappa shape index (κ2) is 11.8. The zero-order valence-corrected chi connectivity index (χ0v) is 17.9. The Morgan fingerprint density at radius 2 is 2.12 bits per heavy atom. The number of nitrogens with one attached hydrogen (secondary N) is 3. The van der Waals surface area contributed by atoms with Crippen LogP contribution in [0.4, 0.5) is 0 Å². The first-order valence-corrected chi connectivity index (χ1v) is 8.73. The van der Waals surface area contributed by atoms with Crippen LogP contribution in [0.3, 0.4) is 0 Å². The molecule has 1 aliphatic heterocycles. The SMILES string of the molecule is CCNC(=NCC(C)Oc1ccccc1OC)NC1CCC(=O)NC1.I. The first-order chi connectivity index (χ1) is 12.1. The summed E-state index contributed by atoms with van der Waals surface area (Å²) in [6.07, 6.45) is 1.26. The van der Waals surface area contributed by atoms with Crippen LogP contribution in [0.5, 0.6) is 11.5 Å². The number of halogens is 1. The van der Waals surface area contributed by atoms with Crippen LogP contribution in [-0.2, 0) is 4.79 Å². The van der Waals surface area contributed by atoms with Gasteiger partial charge in [-0.25, -0.2) is 4.99 Å². The minimum Gasteiger partial charge on any atom is -0.493 e. The lowest BCUT2D eigenvalue weighted by molar-refractivity contribution is -0.122.